The van der Waals surface area contributed by atoms with E-state index < -0.39 is 0 Å². The Morgan fingerprint density at radius 1 is 1.28 bits per heavy atom. The van der Waals surface area contributed by atoms with Gasteiger partial charge in [-0.1, -0.05) is 13.8 Å². The van der Waals surface area contributed by atoms with E-state index in [4.69, 9.17) is 0 Å². The predicted octanol–water partition coefficient (Wildman–Crippen LogP) is 3.05. The average Bonchev–Trinajstić information content (AvgIpc) is 2.89. The van der Waals surface area contributed by atoms with Crippen molar-refractivity contribution in [2.45, 2.75) is 33.9 Å². The normalized spacial score (nSPS) is 11.3. The molecule has 0 radical (unpaired) electrons. The van der Waals surface area contributed by atoms with Crippen molar-refractivity contribution in [3.05, 3.63) is 39.8 Å². The number of hydrogen-bond donors (Lipinski definition) is 1. The molecule has 0 unspecified atom stereocenters. The van der Waals surface area contributed by atoms with Crippen LogP contribution in [0.5, 0.6) is 0 Å². The first-order chi connectivity index (χ1) is 8.63. The van der Waals surface area contributed by atoms with Crippen LogP contribution in [0.3, 0.4) is 0 Å². The summed E-state index contributed by atoms with van der Waals surface area (Å²) in [6, 6.07) is 6.45. The van der Waals surface area contributed by atoms with Crippen LogP contribution in [0.15, 0.2) is 24.4 Å². The van der Waals surface area contributed by atoms with Crippen LogP contribution in [0.25, 0.3) is 0 Å². The minimum atomic E-state index is 0.705. The van der Waals surface area contributed by atoms with Crippen molar-refractivity contribution in [2.24, 2.45) is 5.92 Å². The Labute approximate surface area is 113 Å². The van der Waals surface area contributed by atoms with Crippen LogP contribution < -0.4 is 5.32 Å². The maximum atomic E-state index is 4.41. The van der Waals surface area contributed by atoms with E-state index in [1.807, 2.05) is 35.2 Å². The van der Waals surface area contributed by atoms with Gasteiger partial charge in [0.1, 0.15) is 0 Å². The number of rotatable bonds is 6. The highest BCUT2D eigenvalue weighted by molar-refractivity contribution is 7.11. The second-order valence-corrected chi connectivity index (χ2v) is 6.30. The number of nitrogens with one attached hydrogen (secondary N) is 1. The van der Waals surface area contributed by atoms with Gasteiger partial charge in [-0.3, -0.25) is 4.68 Å². The molecule has 0 saturated heterocycles. The van der Waals surface area contributed by atoms with E-state index in [1.165, 1.54) is 9.75 Å². The third-order valence-electron chi connectivity index (χ3n) is 2.66. The quantitative estimate of drug-likeness (QED) is 0.868. The molecule has 0 amide bonds. The zero-order chi connectivity index (χ0) is 13.0. The Morgan fingerprint density at radius 3 is 2.72 bits per heavy atom. The van der Waals surface area contributed by atoms with E-state index in [1.54, 1.807) is 0 Å². The largest absolute Gasteiger partial charge is 0.312 e. The van der Waals surface area contributed by atoms with Crippen LogP contribution in [0.2, 0.25) is 0 Å². The zero-order valence-corrected chi connectivity index (χ0v) is 12.1. The Bertz CT molecular complexity index is 485. The van der Waals surface area contributed by atoms with Crippen LogP contribution >= 0.6 is 11.3 Å². The van der Waals surface area contributed by atoms with Gasteiger partial charge in [-0.25, -0.2) is 0 Å². The van der Waals surface area contributed by atoms with Crippen LogP contribution in [0.1, 0.15) is 29.3 Å². The van der Waals surface area contributed by atoms with Crippen molar-refractivity contribution in [3.63, 3.8) is 0 Å². The first-order valence-corrected chi connectivity index (χ1v) is 7.23. The molecule has 2 aromatic heterocycles. The SMILES string of the molecule is Cc1ccn(Cc2ccc(CNCC(C)C)s2)n1. The monoisotopic (exact) mass is 263 g/mol. The van der Waals surface area contributed by atoms with Gasteiger partial charge < -0.3 is 5.32 Å². The lowest BCUT2D eigenvalue weighted by molar-refractivity contribution is 0.555. The van der Waals surface area contributed by atoms with Gasteiger partial charge in [-0.05, 0) is 37.6 Å². The Hall–Kier alpha value is -1.13. The molecule has 0 aliphatic heterocycles. The molecule has 0 aliphatic rings. The summed E-state index contributed by atoms with van der Waals surface area (Å²) in [7, 11) is 0. The molecule has 2 aromatic rings. The summed E-state index contributed by atoms with van der Waals surface area (Å²) in [5.74, 6) is 0.705. The van der Waals surface area contributed by atoms with Crippen LogP contribution in [0, 0.1) is 12.8 Å². The number of aryl methyl sites for hydroxylation is 1. The maximum Gasteiger partial charge on any atom is 0.0752 e. The molecule has 3 nitrogen and oxygen atoms in total. The molecule has 0 spiro atoms. The molecule has 0 fully saturated rings. The second kappa shape index (κ2) is 6.16. The summed E-state index contributed by atoms with van der Waals surface area (Å²) in [5, 5.41) is 7.88. The molecule has 0 atom stereocenters. The third kappa shape index (κ3) is 3.96. The topological polar surface area (TPSA) is 29.9 Å². The summed E-state index contributed by atoms with van der Waals surface area (Å²) in [4.78, 5) is 2.76. The van der Waals surface area contributed by atoms with E-state index in [9.17, 15) is 0 Å². The number of nitrogens with zero attached hydrogens (tertiary/aromatic N) is 2. The highest BCUT2D eigenvalue weighted by Gasteiger charge is 2.02. The fourth-order valence-corrected chi connectivity index (χ4v) is 2.78. The first kappa shape index (κ1) is 13.3. The molecule has 2 heterocycles. The van der Waals surface area contributed by atoms with E-state index in [0.717, 1.165) is 25.3 Å². The summed E-state index contributed by atoms with van der Waals surface area (Å²) in [6.07, 6.45) is 2.03. The van der Waals surface area contributed by atoms with Gasteiger partial charge in [0.2, 0.25) is 0 Å². The van der Waals surface area contributed by atoms with Crippen LogP contribution in [-0.2, 0) is 13.1 Å². The highest BCUT2D eigenvalue weighted by Crippen LogP contribution is 2.17. The van der Waals surface area contributed by atoms with Crippen molar-refractivity contribution in [2.75, 3.05) is 6.54 Å². The zero-order valence-electron chi connectivity index (χ0n) is 11.3. The van der Waals surface area contributed by atoms with Gasteiger partial charge in [-0.2, -0.15) is 5.10 Å². The van der Waals surface area contributed by atoms with E-state index in [-0.39, 0.29) is 0 Å². The van der Waals surface area contributed by atoms with E-state index >= 15 is 0 Å². The first-order valence-electron chi connectivity index (χ1n) is 6.42. The van der Waals surface area contributed by atoms with Crippen molar-refractivity contribution in [3.8, 4) is 0 Å². The number of aromatic nitrogens is 2. The molecule has 0 bridgehead atoms. The van der Waals surface area contributed by atoms with Crippen molar-refractivity contribution >= 4 is 11.3 Å². The Morgan fingerprint density at radius 2 is 2.06 bits per heavy atom. The van der Waals surface area contributed by atoms with Gasteiger partial charge in [0.25, 0.3) is 0 Å². The lowest BCUT2D eigenvalue weighted by Gasteiger charge is -2.05. The van der Waals surface area contributed by atoms with Gasteiger partial charge >= 0.3 is 0 Å². The Balaban J connectivity index is 1.86. The summed E-state index contributed by atoms with van der Waals surface area (Å²) in [6.45, 7) is 9.40. The molecule has 2 rings (SSSR count). The molecular weight excluding hydrogens is 242 g/mol. The summed E-state index contributed by atoms with van der Waals surface area (Å²) >= 11 is 1.87. The molecule has 4 heteroatoms. The van der Waals surface area contributed by atoms with Gasteiger partial charge in [0, 0.05) is 22.5 Å². The molecular formula is C14H21N3S. The average molecular weight is 263 g/mol. The standard InChI is InChI=1S/C14H21N3S/c1-11(2)8-15-9-13-4-5-14(18-13)10-17-7-6-12(3)16-17/h4-7,11,15H,8-10H2,1-3H3. The van der Waals surface area contributed by atoms with Gasteiger partial charge in [0.05, 0.1) is 12.2 Å². The highest BCUT2D eigenvalue weighted by atomic mass is 32.1. The minimum absolute atomic E-state index is 0.705. The van der Waals surface area contributed by atoms with Crippen molar-refractivity contribution in [1.29, 1.82) is 0 Å². The molecule has 0 saturated carbocycles. The van der Waals surface area contributed by atoms with Gasteiger partial charge in [0.15, 0.2) is 0 Å². The summed E-state index contributed by atoms with van der Waals surface area (Å²) in [5.41, 5.74) is 1.07. The van der Waals surface area contributed by atoms with Crippen LogP contribution in [0.4, 0.5) is 0 Å². The van der Waals surface area contributed by atoms with Gasteiger partial charge in [-0.15, -0.1) is 11.3 Å². The van der Waals surface area contributed by atoms with Crippen molar-refractivity contribution < 1.29 is 0 Å². The fraction of sp³-hybridized carbons (Fsp3) is 0.500. The van der Waals surface area contributed by atoms with E-state index in [2.05, 4.69) is 36.4 Å². The smallest absolute Gasteiger partial charge is 0.0752 e. The summed E-state index contributed by atoms with van der Waals surface area (Å²) < 4.78 is 1.99. The molecule has 0 aliphatic carbocycles. The lowest BCUT2D eigenvalue weighted by atomic mass is 10.2. The van der Waals surface area contributed by atoms with Crippen LogP contribution in [-0.4, -0.2) is 16.3 Å². The van der Waals surface area contributed by atoms with E-state index in [0.29, 0.717) is 5.92 Å². The molecule has 98 valence electrons. The fourth-order valence-electron chi connectivity index (χ4n) is 1.80. The maximum absolute atomic E-state index is 4.41. The Kier molecular flexibility index (Phi) is 4.55. The third-order valence-corrected chi connectivity index (χ3v) is 3.73. The lowest BCUT2D eigenvalue weighted by Crippen LogP contribution is -2.18. The molecule has 1 N–H and O–H groups in total. The number of thiophene rings is 1. The number of hydrogen-bond acceptors (Lipinski definition) is 3. The minimum Gasteiger partial charge on any atom is -0.312 e. The van der Waals surface area contributed by atoms with Crippen molar-refractivity contribution in [1.82, 2.24) is 15.1 Å². The second-order valence-electron chi connectivity index (χ2n) is 5.05. The molecule has 18 heavy (non-hydrogen) atoms. The molecule has 0 aromatic carbocycles. The predicted molar refractivity (Wildman–Crippen MR) is 76.9 cm³/mol.